The van der Waals surface area contributed by atoms with Crippen molar-refractivity contribution in [1.29, 1.82) is 0 Å². The van der Waals surface area contributed by atoms with Gasteiger partial charge in [0, 0.05) is 11.3 Å². The van der Waals surface area contributed by atoms with Crippen molar-refractivity contribution in [2.45, 2.75) is 25.6 Å². The van der Waals surface area contributed by atoms with Gasteiger partial charge in [-0.3, -0.25) is 4.79 Å². The van der Waals surface area contributed by atoms with Crippen LogP contribution in [0.1, 0.15) is 18.1 Å². The Morgan fingerprint density at radius 3 is 2.31 bits per heavy atom. The highest BCUT2D eigenvalue weighted by Gasteiger charge is 2.31. The van der Waals surface area contributed by atoms with E-state index >= 15 is 0 Å². The zero-order valence-corrected chi connectivity index (χ0v) is 15.1. The second-order valence-electron chi connectivity index (χ2n) is 5.86. The molecule has 0 aliphatic rings. The van der Waals surface area contributed by atoms with Gasteiger partial charge in [0.2, 0.25) is 5.91 Å². The number of anilines is 1. The van der Waals surface area contributed by atoms with E-state index in [0.29, 0.717) is 16.8 Å². The SMILES string of the molecule is Cc1c(NC(=O)C(C)(N)c2ccccc2)cccc1OCC(F)(F)F.Cl. The van der Waals surface area contributed by atoms with Gasteiger partial charge in [0.05, 0.1) is 0 Å². The second kappa shape index (κ2) is 8.42. The van der Waals surface area contributed by atoms with Gasteiger partial charge < -0.3 is 15.8 Å². The standard InChI is InChI=1S/C18H19F3N2O2.ClH/c1-12-14(9-6-10-15(12)25-11-18(19,20)21)23-16(24)17(2,22)13-7-4-3-5-8-13;/h3-10H,11,22H2,1-2H3,(H,23,24);1H. The molecule has 0 spiro atoms. The van der Waals surface area contributed by atoms with Gasteiger partial charge in [-0.2, -0.15) is 13.2 Å². The van der Waals surface area contributed by atoms with Crippen LogP contribution in [0.2, 0.25) is 0 Å². The Balaban J connectivity index is 0.00000338. The molecule has 8 heteroatoms. The lowest BCUT2D eigenvalue weighted by Crippen LogP contribution is -2.45. The molecule has 0 bridgehead atoms. The Bertz CT molecular complexity index is 750. The number of ether oxygens (including phenoxy) is 1. The number of nitrogens with two attached hydrogens (primary N) is 1. The van der Waals surface area contributed by atoms with E-state index in [2.05, 4.69) is 5.32 Å². The van der Waals surface area contributed by atoms with Gasteiger partial charge in [-0.15, -0.1) is 12.4 Å². The number of amides is 1. The lowest BCUT2D eigenvalue weighted by Gasteiger charge is -2.25. The van der Waals surface area contributed by atoms with Gasteiger partial charge in [-0.05, 0) is 31.5 Å². The fourth-order valence-corrected chi connectivity index (χ4v) is 2.23. The largest absolute Gasteiger partial charge is 0.484 e. The zero-order chi connectivity index (χ0) is 18.7. The highest BCUT2D eigenvalue weighted by atomic mass is 35.5. The monoisotopic (exact) mass is 388 g/mol. The highest BCUT2D eigenvalue weighted by Crippen LogP contribution is 2.28. The maximum absolute atomic E-state index is 12.6. The quantitative estimate of drug-likeness (QED) is 0.808. The van der Waals surface area contributed by atoms with Crippen molar-refractivity contribution in [2.24, 2.45) is 5.73 Å². The molecule has 0 fully saturated rings. The molecule has 1 amide bonds. The van der Waals surface area contributed by atoms with Crippen molar-refractivity contribution in [2.75, 3.05) is 11.9 Å². The molecule has 0 aromatic heterocycles. The Hall–Kier alpha value is -2.25. The van der Waals surface area contributed by atoms with Crippen LogP contribution < -0.4 is 15.8 Å². The lowest BCUT2D eigenvalue weighted by atomic mass is 9.92. The summed E-state index contributed by atoms with van der Waals surface area (Å²) < 4.78 is 41.7. The number of rotatable bonds is 5. The Morgan fingerprint density at radius 2 is 1.73 bits per heavy atom. The molecule has 0 aliphatic carbocycles. The summed E-state index contributed by atoms with van der Waals surface area (Å²) in [6.07, 6.45) is -4.44. The van der Waals surface area contributed by atoms with E-state index in [4.69, 9.17) is 10.5 Å². The Kier molecular flexibility index (Phi) is 7.06. The zero-order valence-electron chi connectivity index (χ0n) is 14.3. The lowest BCUT2D eigenvalue weighted by molar-refractivity contribution is -0.153. The van der Waals surface area contributed by atoms with Crippen LogP contribution in [-0.4, -0.2) is 18.7 Å². The molecular weight excluding hydrogens is 369 g/mol. The first kappa shape index (κ1) is 21.8. The fraction of sp³-hybridized carbons (Fsp3) is 0.278. The van der Waals surface area contributed by atoms with Crippen LogP contribution in [0.4, 0.5) is 18.9 Å². The Morgan fingerprint density at radius 1 is 1.12 bits per heavy atom. The average Bonchev–Trinajstić information content (AvgIpc) is 2.55. The van der Waals surface area contributed by atoms with Crippen molar-refractivity contribution >= 4 is 24.0 Å². The molecule has 0 saturated heterocycles. The molecule has 2 rings (SSSR count). The van der Waals surface area contributed by atoms with E-state index in [9.17, 15) is 18.0 Å². The molecule has 26 heavy (non-hydrogen) atoms. The minimum absolute atomic E-state index is 0. The third-order valence-corrected chi connectivity index (χ3v) is 3.77. The van der Waals surface area contributed by atoms with Gasteiger partial charge in [0.15, 0.2) is 6.61 Å². The van der Waals surface area contributed by atoms with E-state index in [0.717, 1.165) is 0 Å². The number of benzene rings is 2. The van der Waals surface area contributed by atoms with Crippen LogP contribution in [0.25, 0.3) is 0 Å². The normalized spacial score (nSPS) is 13.3. The molecule has 0 heterocycles. The summed E-state index contributed by atoms with van der Waals surface area (Å²) in [7, 11) is 0. The third kappa shape index (κ3) is 5.37. The molecule has 2 aromatic rings. The summed E-state index contributed by atoms with van der Waals surface area (Å²) in [5.41, 5.74) is 6.20. The molecule has 4 nitrogen and oxygen atoms in total. The molecule has 0 aliphatic heterocycles. The van der Waals surface area contributed by atoms with E-state index in [1.807, 2.05) is 6.07 Å². The number of hydrogen-bond acceptors (Lipinski definition) is 3. The average molecular weight is 389 g/mol. The van der Waals surface area contributed by atoms with Crippen molar-refractivity contribution in [1.82, 2.24) is 0 Å². The molecule has 3 N–H and O–H groups in total. The van der Waals surface area contributed by atoms with Crippen molar-refractivity contribution in [3.8, 4) is 5.75 Å². The van der Waals surface area contributed by atoms with Crippen LogP contribution in [-0.2, 0) is 10.3 Å². The summed E-state index contributed by atoms with van der Waals surface area (Å²) >= 11 is 0. The summed E-state index contributed by atoms with van der Waals surface area (Å²) in [4.78, 5) is 12.6. The Labute approximate surface area is 155 Å². The number of carbonyl (C=O) groups excluding carboxylic acids is 1. The molecule has 2 aromatic carbocycles. The summed E-state index contributed by atoms with van der Waals surface area (Å²) in [6, 6.07) is 13.3. The minimum atomic E-state index is -4.44. The summed E-state index contributed by atoms with van der Waals surface area (Å²) in [5, 5.41) is 2.66. The maximum Gasteiger partial charge on any atom is 0.422 e. The van der Waals surface area contributed by atoms with Crippen molar-refractivity contribution < 1.29 is 22.7 Å². The van der Waals surface area contributed by atoms with Crippen LogP contribution in [0, 0.1) is 6.92 Å². The molecule has 1 unspecified atom stereocenters. The van der Waals surface area contributed by atoms with Gasteiger partial charge in [0.1, 0.15) is 11.3 Å². The van der Waals surface area contributed by atoms with Crippen LogP contribution in [0.15, 0.2) is 48.5 Å². The topological polar surface area (TPSA) is 64.4 Å². The number of nitrogens with one attached hydrogen (secondary N) is 1. The van der Waals surface area contributed by atoms with Crippen LogP contribution >= 0.6 is 12.4 Å². The minimum Gasteiger partial charge on any atom is -0.484 e. The number of halogens is 4. The fourth-order valence-electron chi connectivity index (χ4n) is 2.23. The van der Waals surface area contributed by atoms with Gasteiger partial charge in [-0.25, -0.2) is 0 Å². The van der Waals surface area contributed by atoms with Gasteiger partial charge in [0.25, 0.3) is 0 Å². The second-order valence-corrected chi connectivity index (χ2v) is 5.86. The van der Waals surface area contributed by atoms with Gasteiger partial charge >= 0.3 is 6.18 Å². The number of hydrogen-bond donors (Lipinski definition) is 2. The maximum atomic E-state index is 12.6. The van der Waals surface area contributed by atoms with Crippen molar-refractivity contribution in [3.63, 3.8) is 0 Å². The predicted molar refractivity (Wildman–Crippen MR) is 96.6 cm³/mol. The first-order valence-corrected chi connectivity index (χ1v) is 7.56. The van der Waals surface area contributed by atoms with E-state index in [1.165, 1.54) is 12.1 Å². The van der Waals surface area contributed by atoms with Crippen molar-refractivity contribution in [3.05, 3.63) is 59.7 Å². The van der Waals surface area contributed by atoms with Crippen LogP contribution in [0.5, 0.6) is 5.75 Å². The smallest absolute Gasteiger partial charge is 0.422 e. The third-order valence-electron chi connectivity index (χ3n) is 3.77. The first-order valence-electron chi connectivity index (χ1n) is 7.56. The van der Waals surface area contributed by atoms with Crippen LogP contribution in [0.3, 0.4) is 0 Å². The number of alkyl halides is 3. The first-order chi connectivity index (χ1) is 11.6. The van der Waals surface area contributed by atoms with E-state index in [1.54, 1.807) is 44.2 Å². The summed E-state index contributed by atoms with van der Waals surface area (Å²) in [5.74, 6) is -0.427. The molecule has 0 radical (unpaired) electrons. The molecule has 142 valence electrons. The molecule has 1 atom stereocenters. The molecular formula is C18H20ClF3N2O2. The summed E-state index contributed by atoms with van der Waals surface area (Å²) in [6.45, 7) is 1.73. The number of carbonyl (C=O) groups is 1. The van der Waals surface area contributed by atoms with E-state index in [-0.39, 0.29) is 18.2 Å². The predicted octanol–water partition coefficient (Wildman–Crippen LogP) is 4.17. The highest BCUT2D eigenvalue weighted by molar-refractivity contribution is 5.99. The van der Waals surface area contributed by atoms with E-state index < -0.39 is 24.2 Å². The molecule has 0 saturated carbocycles. The van der Waals surface area contributed by atoms with Gasteiger partial charge in [-0.1, -0.05) is 36.4 Å².